The van der Waals surface area contributed by atoms with E-state index in [4.69, 9.17) is 9.47 Å². The Morgan fingerprint density at radius 1 is 0.905 bits per heavy atom. The fraction of sp³-hybridized carbons (Fsp3) is 0.375. The van der Waals surface area contributed by atoms with Crippen LogP contribution in [0.15, 0.2) is 77.7 Å². The Labute approximate surface area is 249 Å². The Bertz CT molecular complexity index is 1460. The molecule has 0 aliphatic rings. The molecule has 2 amide bonds. The summed E-state index contributed by atoms with van der Waals surface area (Å²) in [7, 11) is -1.13. The van der Waals surface area contributed by atoms with E-state index in [0.29, 0.717) is 24.5 Å². The first-order chi connectivity index (χ1) is 20.0. The van der Waals surface area contributed by atoms with Gasteiger partial charge >= 0.3 is 0 Å². The van der Waals surface area contributed by atoms with Gasteiger partial charge in [0.15, 0.2) is 0 Å². The molecule has 0 aromatic heterocycles. The van der Waals surface area contributed by atoms with Crippen LogP contribution in [0, 0.1) is 12.8 Å². The van der Waals surface area contributed by atoms with E-state index in [2.05, 4.69) is 5.32 Å². The average molecular weight is 596 g/mol. The van der Waals surface area contributed by atoms with Crippen LogP contribution in [-0.4, -0.2) is 58.5 Å². The van der Waals surface area contributed by atoms with Crippen LogP contribution in [0.4, 0.5) is 5.69 Å². The lowest BCUT2D eigenvalue weighted by Gasteiger charge is -2.33. The number of sulfonamides is 1. The molecule has 0 bridgehead atoms. The first-order valence-electron chi connectivity index (χ1n) is 13.9. The number of nitrogens with zero attached hydrogens (tertiary/aromatic N) is 2. The summed E-state index contributed by atoms with van der Waals surface area (Å²) in [5.74, 6) is 0.450. The topological polar surface area (TPSA) is 105 Å². The fourth-order valence-electron chi connectivity index (χ4n) is 4.44. The summed E-state index contributed by atoms with van der Waals surface area (Å²) >= 11 is 0. The summed E-state index contributed by atoms with van der Waals surface area (Å²) < 4.78 is 39.8. The number of hydrogen-bond donors (Lipinski definition) is 1. The first-order valence-corrected chi connectivity index (χ1v) is 15.4. The number of ether oxygens (including phenoxy) is 2. The maximum absolute atomic E-state index is 14.2. The summed E-state index contributed by atoms with van der Waals surface area (Å²) in [6.07, 6.45) is 0.337. The van der Waals surface area contributed by atoms with E-state index in [1.165, 1.54) is 24.1 Å². The minimum absolute atomic E-state index is 0.0461. The summed E-state index contributed by atoms with van der Waals surface area (Å²) in [5, 5.41) is 2.93. The molecule has 0 unspecified atom stereocenters. The number of amides is 2. The van der Waals surface area contributed by atoms with Crippen molar-refractivity contribution in [1.29, 1.82) is 0 Å². The Kier molecular flexibility index (Phi) is 11.4. The molecule has 9 nitrogen and oxygen atoms in total. The van der Waals surface area contributed by atoms with Gasteiger partial charge in [0.2, 0.25) is 11.8 Å². The van der Waals surface area contributed by atoms with Crippen molar-refractivity contribution in [3.05, 3.63) is 83.9 Å². The van der Waals surface area contributed by atoms with Crippen LogP contribution in [0.25, 0.3) is 0 Å². The predicted molar refractivity (Wildman–Crippen MR) is 164 cm³/mol. The van der Waals surface area contributed by atoms with E-state index >= 15 is 0 Å². The van der Waals surface area contributed by atoms with Gasteiger partial charge in [0.25, 0.3) is 10.0 Å². The van der Waals surface area contributed by atoms with Crippen molar-refractivity contribution >= 4 is 27.5 Å². The molecule has 3 aromatic carbocycles. The van der Waals surface area contributed by atoms with E-state index in [1.807, 2.05) is 33.8 Å². The monoisotopic (exact) mass is 595 g/mol. The Hall–Kier alpha value is -4.05. The number of aryl methyl sites for hydroxylation is 1. The summed E-state index contributed by atoms with van der Waals surface area (Å²) in [6.45, 7) is 7.68. The molecule has 0 aliphatic carbocycles. The van der Waals surface area contributed by atoms with E-state index in [1.54, 1.807) is 61.7 Å². The molecular formula is C32H41N3O6S. The number of rotatable bonds is 14. The molecule has 3 rings (SSSR count). The molecule has 1 atom stereocenters. The van der Waals surface area contributed by atoms with Crippen LogP contribution in [0.2, 0.25) is 0 Å². The molecule has 0 saturated carbocycles. The van der Waals surface area contributed by atoms with Crippen molar-refractivity contribution in [2.24, 2.45) is 5.92 Å². The van der Waals surface area contributed by atoms with Crippen molar-refractivity contribution in [2.75, 3.05) is 31.6 Å². The SMILES string of the molecule is CC[C@H](C(=O)NCC(C)C)N(Cc1cccc(OC)c1)C(=O)CN(c1cccc(OC)c1)S(=O)(=O)c1ccc(C)cc1. The highest BCUT2D eigenvalue weighted by atomic mass is 32.2. The van der Waals surface area contributed by atoms with Crippen molar-refractivity contribution < 1.29 is 27.5 Å². The largest absolute Gasteiger partial charge is 0.497 e. The Morgan fingerprint density at radius 2 is 1.52 bits per heavy atom. The van der Waals surface area contributed by atoms with Gasteiger partial charge in [-0.3, -0.25) is 13.9 Å². The van der Waals surface area contributed by atoms with Gasteiger partial charge in [-0.25, -0.2) is 8.42 Å². The molecule has 0 spiro atoms. The third-order valence-corrected chi connectivity index (χ3v) is 8.57. The molecule has 1 N–H and O–H groups in total. The van der Waals surface area contributed by atoms with Crippen LogP contribution in [-0.2, 0) is 26.2 Å². The number of anilines is 1. The van der Waals surface area contributed by atoms with Crippen LogP contribution >= 0.6 is 0 Å². The third kappa shape index (κ3) is 8.25. The van der Waals surface area contributed by atoms with Gasteiger partial charge in [-0.15, -0.1) is 0 Å². The summed E-state index contributed by atoms with van der Waals surface area (Å²) in [5.41, 5.74) is 1.91. The van der Waals surface area contributed by atoms with E-state index in [9.17, 15) is 18.0 Å². The maximum atomic E-state index is 14.2. The van der Waals surface area contributed by atoms with Gasteiger partial charge in [-0.05, 0) is 61.2 Å². The molecule has 0 radical (unpaired) electrons. The van der Waals surface area contributed by atoms with Crippen LogP contribution in [0.1, 0.15) is 38.3 Å². The molecule has 226 valence electrons. The van der Waals surface area contributed by atoms with Crippen LogP contribution in [0.3, 0.4) is 0 Å². The number of carbonyl (C=O) groups is 2. The number of carbonyl (C=O) groups excluding carboxylic acids is 2. The summed E-state index contributed by atoms with van der Waals surface area (Å²) in [6, 6.07) is 19.4. The number of benzene rings is 3. The van der Waals surface area contributed by atoms with Crippen molar-refractivity contribution in [3.8, 4) is 11.5 Å². The van der Waals surface area contributed by atoms with Crippen LogP contribution < -0.4 is 19.1 Å². The second-order valence-corrected chi connectivity index (χ2v) is 12.3. The molecule has 0 aliphatic heterocycles. The zero-order valence-electron chi connectivity index (χ0n) is 25.2. The quantitative estimate of drug-likeness (QED) is 0.288. The van der Waals surface area contributed by atoms with E-state index in [0.717, 1.165) is 15.4 Å². The Morgan fingerprint density at radius 3 is 2.12 bits per heavy atom. The smallest absolute Gasteiger partial charge is 0.264 e. The minimum Gasteiger partial charge on any atom is -0.497 e. The first kappa shape index (κ1) is 32.5. The number of methoxy groups -OCH3 is 2. The minimum atomic E-state index is -4.17. The van der Waals surface area contributed by atoms with Gasteiger partial charge in [-0.1, -0.05) is 56.7 Å². The fourth-order valence-corrected chi connectivity index (χ4v) is 5.85. The highest BCUT2D eigenvalue weighted by molar-refractivity contribution is 7.92. The van der Waals surface area contributed by atoms with E-state index < -0.39 is 28.5 Å². The molecule has 10 heteroatoms. The summed E-state index contributed by atoms with van der Waals surface area (Å²) in [4.78, 5) is 29.0. The molecular weight excluding hydrogens is 554 g/mol. The second-order valence-electron chi connectivity index (χ2n) is 10.5. The van der Waals surface area contributed by atoms with Gasteiger partial charge in [-0.2, -0.15) is 0 Å². The standard InChI is InChI=1S/C32H41N3O6S/c1-7-30(32(37)33-20-23(2)3)34(21-25-10-8-12-27(18-25)40-5)31(36)22-35(26-11-9-13-28(19-26)41-6)42(38,39)29-16-14-24(4)15-17-29/h8-19,23,30H,7,20-22H2,1-6H3,(H,33,37)/t30-/m1/s1. The molecule has 0 fully saturated rings. The van der Waals surface area contributed by atoms with Gasteiger partial charge in [0.1, 0.15) is 24.1 Å². The van der Waals surface area contributed by atoms with Gasteiger partial charge < -0.3 is 19.7 Å². The highest BCUT2D eigenvalue weighted by Gasteiger charge is 2.34. The highest BCUT2D eigenvalue weighted by Crippen LogP contribution is 2.28. The lowest BCUT2D eigenvalue weighted by Crippen LogP contribution is -2.52. The van der Waals surface area contributed by atoms with Gasteiger partial charge in [0, 0.05) is 19.2 Å². The molecule has 0 saturated heterocycles. The number of hydrogen-bond acceptors (Lipinski definition) is 6. The Balaban J connectivity index is 2.07. The van der Waals surface area contributed by atoms with Crippen LogP contribution in [0.5, 0.6) is 11.5 Å². The second kappa shape index (κ2) is 14.7. The van der Waals surface area contributed by atoms with Crippen molar-refractivity contribution in [3.63, 3.8) is 0 Å². The van der Waals surface area contributed by atoms with Crippen molar-refractivity contribution in [2.45, 2.75) is 51.6 Å². The lowest BCUT2D eigenvalue weighted by molar-refractivity contribution is -0.140. The van der Waals surface area contributed by atoms with Gasteiger partial charge in [0.05, 0.1) is 24.8 Å². The molecule has 42 heavy (non-hydrogen) atoms. The average Bonchev–Trinajstić information content (AvgIpc) is 2.98. The normalized spacial score (nSPS) is 12.0. The molecule has 3 aromatic rings. The zero-order chi connectivity index (χ0) is 30.9. The zero-order valence-corrected chi connectivity index (χ0v) is 26.0. The van der Waals surface area contributed by atoms with E-state index in [-0.39, 0.29) is 29.0 Å². The predicted octanol–water partition coefficient (Wildman–Crippen LogP) is 4.79. The lowest BCUT2D eigenvalue weighted by atomic mass is 10.1. The number of nitrogens with one attached hydrogen (secondary N) is 1. The molecule has 0 heterocycles. The maximum Gasteiger partial charge on any atom is 0.264 e. The van der Waals surface area contributed by atoms with Crippen molar-refractivity contribution in [1.82, 2.24) is 10.2 Å². The third-order valence-electron chi connectivity index (χ3n) is 6.79.